The first-order chi connectivity index (χ1) is 17.8. The molecule has 0 saturated carbocycles. The van der Waals surface area contributed by atoms with Gasteiger partial charge in [0.05, 0.1) is 11.8 Å². The summed E-state index contributed by atoms with van der Waals surface area (Å²) in [5, 5.41) is 2.97. The van der Waals surface area contributed by atoms with Crippen molar-refractivity contribution in [1.82, 2.24) is 4.90 Å². The van der Waals surface area contributed by atoms with Gasteiger partial charge in [-0.05, 0) is 46.2 Å². The number of nitrogens with zero attached hydrogens (tertiary/aromatic N) is 1. The number of hydrogen-bond acceptors (Lipinski definition) is 3. The maximum absolute atomic E-state index is 13.9. The zero-order valence-electron chi connectivity index (χ0n) is 20.6. The molecule has 5 nitrogen and oxygen atoms in total. The van der Waals surface area contributed by atoms with Crippen LogP contribution in [-0.4, -0.2) is 29.2 Å². The van der Waals surface area contributed by atoms with Crippen LogP contribution in [0.3, 0.4) is 0 Å². The Balaban J connectivity index is 1.40. The van der Waals surface area contributed by atoms with Crippen molar-refractivity contribution in [2.24, 2.45) is 11.8 Å². The van der Waals surface area contributed by atoms with Gasteiger partial charge < -0.3 is 5.32 Å². The van der Waals surface area contributed by atoms with Crippen LogP contribution in [0.1, 0.15) is 47.2 Å². The molecular weight excluding hydrogens is 507 g/mol. The number of benzene rings is 3. The second kappa shape index (κ2) is 8.44. The molecule has 0 aromatic heterocycles. The zero-order valence-corrected chi connectivity index (χ0v) is 22.1. The number of aryl methyl sites for hydroxylation is 2. The largest absolute Gasteiger partial charge is 0.324 e. The van der Waals surface area contributed by atoms with Crippen LogP contribution in [0, 0.1) is 11.8 Å². The number of anilines is 1. The Morgan fingerprint density at radius 2 is 1.16 bits per heavy atom. The summed E-state index contributed by atoms with van der Waals surface area (Å²) in [6, 6.07) is 20.9. The minimum atomic E-state index is -1.25. The fourth-order valence-electron chi connectivity index (χ4n) is 6.61. The Morgan fingerprint density at radius 1 is 0.757 bits per heavy atom. The summed E-state index contributed by atoms with van der Waals surface area (Å²) in [5.74, 6) is -3.18. The van der Waals surface area contributed by atoms with Gasteiger partial charge in [-0.2, -0.15) is 0 Å². The third-order valence-electron chi connectivity index (χ3n) is 8.24. The first kappa shape index (κ1) is 24.2. The number of para-hydroxylation sites is 1. The van der Waals surface area contributed by atoms with Gasteiger partial charge in [-0.25, -0.2) is 0 Å². The van der Waals surface area contributed by atoms with Crippen molar-refractivity contribution < 1.29 is 14.4 Å². The average Bonchev–Trinajstić information content (AvgIpc) is 3.17. The molecule has 2 atom stereocenters. The second-order valence-electron chi connectivity index (χ2n) is 9.94. The molecule has 1 saturated heterocycles. The van der Waals surface area contributed by atoms with E-state index >= 15 is 0 Å². The molecule has 7 rings (SSSR count). The van der Waals surface area contributed by atoms with E-state index in [-0.39, 0.29) is 0 Å². The van der Waals surface area contributed by atoms with Crippen molar-refractivity contribution in [3.8, 4) is 0 Å². The molecule has 4 aliphatic rings. The van der Waals surface area contributed by atoms with Crippen LogP contribution in [0.4, 0.5) is 5.69 Å². The summed E-state index contributed by atoms with van der Waals surface area (Å²) in [4.78, 5) is 39.6. The molecule has 0 spiro atoms. The number of hydrogen-bond donors (Lipinski definition) is 1. The van der Waals surface area contributed by atoms with Crippen LogP contribution >= 0.6 is 23.2 Å². The maximum atomic E-state index is 13.9. The van der Waals surface area contributed by atoms with Crippen molar-refractivity contribution in [1.29, 1.82) is 0 Å². The second-order valence-corrected chi connectivity index (χ2v) is 11.1. The number of imide groups is 1. The van der Waals surface area contributed by atoms with Crippen molar-refractivity contribution in [3.05, 3.63) is 100 Å². The van der Waals surface area contributed by atoms with E-state index < -0.39 is 45.9 Å². The predicted octanol–water partition coefficient (Wildman–Crippen LogP) is 5.34. The van der Waals surface area contributed by atoms with Crippen molar-refractivity contribution in [2.45, 2.75) is 36.4 Å². The molecule has 3 aromatic carbocycles. The topological polar surface area (TPSA) is 66.5 Å². The number of rotatable bonds is 5. The molecule has 1 N–H and O–H groups in total. The van der Waals surface area contributed by atoms with Gasteiger partial charge >= 0.3 is 0 Å². The zero-order chi connectivity index (χ0) is 26.1. The third-order valence-corrected chi connectivity index (χ3v) is 9.53. The molecule has 3 amide bonds. The van der Waals surface area contributed by atoms with E-state index in [9.17, 15) is 14.4 Å². The standard InChI is InChI=1S/C30H26Cl2N2O3/c1-3-17-10-9-11-18(4-2)26(17)33-23(35)16-34-27(36)24-25(28(34)37)30(32)20-13-6-5-12-19(20)29(24,31)21-14-7-8-15-22(21)30/h5-15,24-25H,3-4,16H2,1-2H3,(H,33,35)/t24-,25+,29?,30?. The number of carbonyl (C=O) groups excluding carboxylic acids is 3. The molecule has 0 unspecified atom stereocenters. The van der Waals surface area contributed by atoms with E-state index in [1.165, 1.54) is 0 Å². The van der Waals surface area contributed by atoms with E-state index in [0.717, 1.165) is 56.8 Å². The minimum Gasteiger partial charge on any atom is -0.324 e. The van der Waals surface area contributed by atoms with Gasteiger partial charge in [-0.1, -0.05) is 80.6 Å². The third kappa shape index (κ3) is 3.07. The Hall–Kier alpha value is -3.15. The van der Waals surface area contributed by atoms with Gasteiger partial charge in [-0.3, -0.25) is 19.3 Å². The molecule has 188 valence electrons. The highest BCUT2D eigenvalue weighted by molar-refractivity contribution is 6.36. The van der Waals surface area contributed by atoms with Gasteiger partial charge in [0.25, 0.3) is 0 Å². The van der Waals surface area contributed by atoms with Crippen molar-refractivity contribution in [3.63, 3.8) is 0 Å². The fourth-order valence-corrected chi connectivity index (χ4v) is 7.70. The Morgan fingerprint density at radius 3 is 1.54 bits per heavy atom. The normalized spacial score (nSPS) is 27.1. The first-order valence-electron chi connectivity index (χ1n) is 12.6. The molecule has 1 fully saturated rings. The highest BCUT2D eigenvalue weighted by Gasteiger charge is 2.73. The molecule has 3 aromatic rings. The highest BCUT2D eigenvalue weighted by Crippen LogP contribution is 2.69. The molecule has 1 heterocycles. The number of nitrogens with one attached hydrogen (secondary N) is 1. The Bertz CT molecular complexity index is 1340. The summed E-state index contributed by atoms with van der Waals surface area (Å²) in [6.45, 7) is 3.65. The lowest BCUT2D eigenvalue weighted by Crippen LogP contribution is -2.57. The number of amides is 3. The van der Waals surface area contributed by atoms with Gasteiger partial charge in [0.1, 0.15) is 16.3 Å². The van der Waals surface area contributed by atoms with Crippen LogP contribution in [0.25, 0.3) is 0 Å². The Kier molecular flexibility index (Phi) is 5.52. The van der Waals surface area contributed by atoms with Crippen molar-refractivity contribution >= 4 is 46.6 Å². The first-order valence-corrected chi connectivity index (χ1v) is 13.4. The minimum absolute atomic E-state index is 0.390. The summed E-state index contributed by atoms with van der Waals surface area (Å²) >= 11 is 14.9. The maximum Gasteiger partial charge on any atom is 0.244 e. The molecular formula is C30H26Cl2N2O3. The van der Waals surface area contributed by atoms with Crippen LogP contribution in [-0.2, 0) is 37.0 Å². The lowest BCUT2D eigenvalue weighted by Gasteiger charge is -2.54. The predicted molar refractivity (Wildman–Crippen MR) is 144 cm³/mol. The molecule has 3 aliphatic carbocycles. The van der Waals surface area contributed by atoms with Crippen molar-refractivity contribution in [2.75, 3.05) is 11.9 Å². The fraction of sp³-hybridized carbons (Fsp3) is 0.300. The van der Waals surface area contributed by atoms with Gasteiger partial charge in [0.15, 0.2) is 0 Å². The van der Waals surface area contributed by atoms with Crippen LogP contribution < -0.4 is 5.32 Å². The molecule has 7 heteroatoms. The lowest BCUT2D eigenvalue weighted by atomic mass is 9.54. The van der Waals surface area contributed by atoms with Crippen LogP contribution in [0.5, 0.6) is 0 Å². The molecule has 37 heavy (non-hydrogen) atoms. The lowest BCUT2D eigenvalue weighted by molar-refractivity contribution is -0.142. The number of halogens is 2. The number of likely N-dealkylation sites (tertiary alicyclic amines) is 1. The summed E-state index contributed by atoms with van der Waals surface area (Å²) in [5.41, 5.74) is 5.71. The molecule has 2 bridgehead atoms. The van der Waals surface area contributed by atoms with E-state index in [1.54, 1.807) is 0 Å². The summed E-state index contributed by atoms with van der Waals surface area (Å²) in [6.07, 6.45) is 1.49. The summed E-state index contributed by atoms with van der Waals surface area (Å²) in [7, 11) is 0. The van der Waals surface area contributed by atoms with Gasteiger partial charge in [0, 0.05) is 5.69 Å². The van der Waals surface area contributed by atoms with Crippen LogP contribution in [0.15, 0.2) is 66.7 Å². The van der Waals surface area contributed by atoms with E-state index in [1.807, 2.05) is 80.6 Å². The van der Waals surface area contributed by atoms with E-state index in [4.69, 9.17) is 23.2 Å². The molecule has 0 radical (unpaired) electrons. The Labute approximate surface area is 225 Å². The monoisotopic (exact) mass is 532 g/mol. The van der Waals surface area contributed by atoms with Gasteiger partial charge in [0.2, 0.25) is 17.7 Å². The average molecular weight is 533 g/mol. The van der Waals surface area contributed by atoms with E-state index in [2.05, 4.69) is 5.32 Å². The van der Waals surface area contributed by atoms with Crippen LogP contribution in [0.2, 0.25) is 0 Å². The quantitative estimate of drug-likeness (QED) is 0.356. The van der Waals surface area contributed by atoms with Gasteiger partial charge in [-0.15, -0.1) is 23.2 Å². The summed E-state index contributed by atoms with van der Waals surface area (Å²) < 4.78 is 0. The number of alkyl halides is 2. The highest BCUT2D eigenvalue weighted by atomic mass is 35.5. The SMILES string of the molecule is CCc1cccc(CC)c1NC(=O)CN1C(=O)[C@@H]2[C@H](C1=O)C1(Cl)c3ccccc3C2(Cl)c2ccccc21. The molecule has 1 aliphatic heterocycles. The smallest absolute Gasteiger partial charge is 0.244 e. The van der Waals surface area contributed by atoms with E-state index in [0.29, 0.717) is 0 Å². The number of carbonyl (C=O) groups is 3.